The van der Waals surface area contributed by atoms with Gasteiger partial charge >= 0.3 is 0 Å². The van der Waals surface area contributed by atoms with Crippen LogP contribution in [0, 0.1) is 5.92 Å². The SMILES string of the molecule is CCOCCn1nnc(CCN)c1CC1CC1. The summed E-state index contributed by atoms with van der Waals surface area (Å²) in [7, 11) is 0. The number of aromatic nitrogens is 3. The number of nitrogens with two attached hydrogens (primary N) is 1. The third kappa shape index (κ3) is 3.51. The molecule has 1 aromatic rings. The third-order valence-corrected chi connectivity index (χ3v) is 3.13. The zero-order valence-electron chi connectivity index (χ0n) is 10.6. The van der Waals surface area contributed by atoms with Crippen molar-refractivity contribution in [2.24, 2.45) is 11.7 Å². The van der Waals surface area contributed by atoms with Crippen LogP contribution in [0.4, 0.5) is 0 Å². The summed E-state index contributed by atoms with van der Waals surface area (Å²) in [5.41, 5.74) is 7.96. The summed E-state index contributed by atoms with van der Waals surface area (Å²) in [5.74, 6) is 0.843. The number of ether oxygens (including phenoxy) is 1. The molecule has 1 fully saturated rings. The first kappa shape index (κ1) is 12.5. The van der Waals surface area contributed by atoms with E-state index in [4.69, 9.17) is 10.5 Å². The highest BCUT2D eigenvalue weighted by Gasteiger charge is 2.25. The molecule has 2 rings (SSSR count). The smallest absolute Gasteiger partial charge is 0.0871 e. The molecule has 17 heavy (non-hydrogen) atoms. The highest BCUT2D eigenvalue weighted by molar-refractivity contribution is 5.13. The number of hydrogen-bond acceptors (Lipinski definition) is 4. The number of rotatable bonds is 8. The van der Waals surface area contributed by atoms with Crippen molar-refractivity contribution in [3.05, 3.63) is 11.4 Å². The second-order valence-corrected chi connectivity index (χ2v) is 4.59. The van der Waals surface area contributed by atoms with Crippen molar-refractivity contribution in [2.45, 2.75) is 39.2 Å². The average molecular weight is 238 g/mol. The van der Waals surface area contributed by atoms with E-state index in [0.717, 1.165) is 37.6 Å². The molecule has 2 N–H and O–H groups in total. The van der Waals surface area contributed by atoms with Gasteiger partial charge in [-0.1, -0.05) is 5.21 Å². The van der Waals surface area contributed by atoms with Crippen LogP contribution >= 0.6 is 0 Å². The van der Waals surface area contributed by atoms with Crippen molar-refractivity contribution in [1.82, 2.24) is 15.0 Å². The maximum atomic E-state index is 5.61. The van der Waals surface area contributed by atoms with Gasteiger partial charge in [-0.2, -0.15) is 0 Å². The van der Waals surface area contributed by atoms with Crippen LogP contribution in [0.5, 0.6) is 0 Å². The van der Waals surface area contributed by atoms with E-state index in [0.29, 0.717) is 13.2 Å². The van der Waals surface area contributed by atoms with Crippen LogP contribution in [0.1, 0.15) is 31.2 Å². The van der Waals surface area contributed by atoms with Gasteiger partial charge in [0.25, 0.3) is 0 Å². The molecule has 96 valence electrons. The van der Waals surface area contributed by atoms with Gasteiger partial charge in [0.05, 0.1) is 24.5 Å². The van der Waals surface area contributed by atoms with Gasteiger partial charge in [-0.05, 0) is 38.6 Å². The fourth-order valence-corrected chi connectivity index (χ4v) is 1.99. The minimum atomic E-state index is 0.641. The Morgan fingerprint density at radius 2 is 2.29 bits per heavy atom. The summed E-state index contributed by atoms with van der Waals surface area (Å²) in [5, 5.41) is 8.46. The summed E-state index contributed by atoms with van der Waals surface area (Å²) < 4.78 is 7.37. The number of nitrogens with zero attached hydrogens (tertiary/aromatic N) is 3. The topological polar surface area (TPSA) is 66.0 Å². The second-order valence-electron chi connectivity index (χ2n) is 4.59. The maximum Gasteiger partial charge on any atom is 0.0871 e. The van der Waals surface area contributed by atoms with Crippen LogP contribution < -0.4 is 5.73 Å². The lowest BCUT2D eigenvalue weighted by Crippen LogP contribution is -2.13. The molecule has 1 aliphatic rings. The van der Waals surface area contributed by atoms with Crippen LogP contribution in [0.15, 0.2) is 0 Å². The van der Waals surface area contributed by atoms with E-state index in [1.165, 1.54) is 18.5 Å². The summed E-state index contributed by atoms with van der Waals surface area (Å²) in [4.78, 5) is 0. The molecule has 0 atom stereocenters. The zero-order valence-corrected chi connectivity index (χ0v) is 10.6. The van der Waals surface area contributed by atoms with Crippen molar-refractivity contribution in [1.29, 1.82) is 0 Å². The summed E-state index contributed by atoms with van der Waals surface area (Å²) in [6.07, 6.45) is 4.63. The van der Waals surface area contributed by atoms with E-state index >= 15 is 0 Å². The molecule has 0 aliphatic heterocycles. The molecule has 5 heteroatoms. The van der Waals surface area contributed by atoms with Gasteiger partial charge in [0.1, 0.15) is 0 Å². The lowest BCUT2D eigenvalue weighted by atomic mass is 10.1. The Balaban J connectivity index is 2.01. The Kier molecular flexibility index (Phi) is 4.50. The zero-order chi connectivity index (χ0) is 12.1. The molecule has 5 nitrogen and oxygen atoms in total. The lowest BCUT2D eigenvalue weighted by Gasteiger charge is -2.07. The average Bonchev–Trinajstić information content (AvgIpc) is 3.06. The van der Waals surface area contributed by atoms with E-state index in [-0.39, 0.29) is 0 Å². The van der Waals surface area contributed by atoms with Crippen molar-refractivity contribution < 1.29 is 4.74 Å². The van der Waals surface area contributed by atoms with Gasteiger partial charge < -0.3 is 10.5 Å². The minimum absolute atomic E-state index is 0.641. The normalized spacial score (nSPS) is 15.4. The number of hydrogen-bond donors (Lipinski definition) is 1. The Hall–Kier alpha value is -0.940. The first-order valence-corrected chi connectivity index (χ1v) is 6.54. The van der Waals surface area contributed by atoms with E-state index in [2.05, 4.69) is 10.3 Å². The molecule has 1 heterocycles. The molecule has 0 bridgehead atoms. The van der Waals surface area contributed by atoms with Gasteiger partial charge in [-0.15, -0.1) is 5.10 Å². The first-order valence-electron chi connectivity index (χ1n) is 6.54. The molecule has 0 saturated heterocycles. The van der Waals surface area contributed by atoms with E-state index in [1.807, 2.05) is 11.6 Å². The highest BCUT2D eigenvalue weighted by atomic mass is 16.5. The standard InChI is InChI=1S/C12H22N4O/c1-2-17-8-7-16-12(9-10-3-4-10)11(5-6-13)14-15-16/h10H,2-9,13H2,1H3. The molecule has 1 aromatic heterocycles. The summed E-state index contributed by atoms with van der Waals surface area (Å²) >= 11 is 0. The molecule has 0 aromatic carbocycles. The van der Waals surface area contributed by atoms with E-state index < -0.39 is 0 Å². The molecular weight excluding hydrogens is 216 g/mol. The largest absolute Gasteiger partial charge is 0.380 e. The van der Waals surface area contributed by atoms with Crippen LogP contribution in [0.25, 0.3) is 0 Å². The van der Waals surface area contributed by atoms with Crippen LogP contribution in [0.2, 0.25) is 0 Å². The Morgan fingerprint density at radius 3 is 2.94 bits per heavy atom. The van der Waals surface area contributed by atoms with Gasteiger partial charge in [-0.3, -0.25) is 0 Å². The fourth-order valence-electron chi connectivity index (χ4n) is 1.99. The Bertz CT molecular complexity index is 346. The maximum absolute atomic E-state index is 5.61. The quantitative estimate of drug-likeness (QED) is 0.679. The first-order chi connectivity index (χ1) is 8.35. The molecule has 0 spiro atoms. The highest BCUT2D eigenvalue weighted by Crippen LogP contribution is 2.33. The predicted molar refractivity (Wildman–Crippen MR) is 65.7 cm³/mol. The van der Waals surface area contributed by atoms with Gasteiger partial charge in [0, 0.05) is 13.0 Å². The van der Waals surface area contributed by atoms with Crippen LogP contribution in [-0.2, 0) is 24.1 Å². The van der Waals surface area contributed by atoms with Gasteiger partial charge in [0.15, 0.2) is 0 Å². The lowest BCUT2D eigenvalue weighted by molar-refractivity contribution is 0.135. The molecule has 0 unspecified atom stereocenters. The Labute approximate surface area is 102 Å². The fraction of sp³-hybridized carbons (Fsp3) is 0.833. The molecule has 1 aliphatic carbocycles. The van der Waals surface area contributed by atoms with E-state index in [1.54, 1.807) is 0 Å². The third-order valence-electron chi connectivity index (χ3n) is 3.13. The van der Waals surface area contributed by atoms with Gasteiger partial charge in [-0.25, -0.2) is 4.68 Å². The molecule has 0 radical (unpaired) electrons. The summed E-state index contributed by atoms with van der Waals surface area (Å²) in [6, 6.07) is 0. The van der Waals surface area contributed by atoms with Crippen LogP contribution in [-0.4, -0.2) is 34.8 Å². The predicted octanol–water partition coefficient (Wildman–Crippen LogP) is 0.768. The monoisotopic (exact) mass is 238 g/mol. The molecule has 0 amide bonds. The van der Waals surface area contributed by atoms with Gasteiger partial charge in [0.2, 0.25) is 0 Å². The van der Waals surface area contributed by atoms with Crippen molar-refractivity contribution >= 4 is 0 Å². The molecular formula is C12H22N4O. The van der Waals surface area contributed by atoms with E-state index in [9.17, 15) is 0 Å². The molecule has 1 saturated carbocycles. The Morgan fingerprint density at radius 1 is 1.47 bits per heavy atom. The minimum Gasteiger partial charge on any atom is -0.380 e. The van der Waals surface area contributed by atoms with Crippen LogP contribution in [0.3, 0.4) is 0 Å². The second kappa shape index (κ2) is 6.12. The summed E-state index contributed by atoms with van der Waals surface area (Å²) in [6.45, 7) is 4.91. The van der Waals surface area contributed by atoms with Crippen molar-refractivity contribution in [3.63, 3.8) is 0 Å². The van der Waals surface area contributed by atoms with Crippen molar-refractivity contribution in [2.75, 3.05) is 19.8 Å². The van der Waals surface area contributed by atoms with Crippen molar-refractivity contribution in [3.8, 4) is 0 Å².